The number of rotatable bonds is 7. The summed E-state index contributed by atoms with van der Waals surface area (Å²) in [5.74, 6) is 0. The third kappa shape index (κ3) is 6.71. The molecule has 0 saturated carbocycles. The molecule has 2 saturated heterocycles. The largest absolute Gasteiger partial charge is 0.356 e. The first-order valence-electron chi connectivity index (χ1n) is 10.1. The summed E-state index contributed by atoms with van der Waals surface area (Å²) in [7, 11) is -8.05. The van der Waals surface area contributed by atoms with E-state index in [1.165, 1.54) is 0 Å². The fourth-order valence-electron chi connectivity index (χ4n) is 3.68. The van der Waals surface area contributed by atoms with Crippen molar-refractivity contribution in [2.45, 2.75) is 41.0 Å². The Bertz CT molecular complexity index is 1190. The van der Waals surface area contributed by atoms with Crippen molar-refractivity contribution in [2.24, 2.45) is 0 Å². The van der Waals surface area contributed by atoms with E-state index in [0.717, 1.165) is 24.3 Å². The van der Waals surface area contributed by atoms with E-state index in [4.69, 9.17) is 34.2 Å². The van der Waals surface area contributed by atoms with Gasteiger partial charge >= 0.3 is 0 Å². The van der Waals surface area contributed by atoms with Crippen molar-refractivity contribution in [2.75, 3.05) is 19.1 Å². The van der Waals surface area contributed by atoms with E-state index < -0.39 is 56.4 Å². The van der Waals surface area contributed by atoms with Crippen LogP contribution in [0.4, 0.5) is 0 Å². The molecular formula is C21H23ClO9S3. The predicted octanol–water partition coefficient (Wildman–Crippen LogP) is 2.96. The summed E-state index contributed by atoms with van der Waals surface area (Å²) in [6.45, 7) is 0.0666. The second kappa shape index (κ2) is 10.4. The molecule has 2 aromatic carbocycles. The van der Waals surface area contributed by atoms with Gasteiger partial charge in [0.05, 0.1) is 19.1 Å². The normalized spacial score (nSPS) is 30.0. The SMILES string of the molecule is CS(=O)(=O)O[C@H]1[C@H]2O[C@@H](c3ccccc3)OC[C@H]2O[C@@H](Sc2ccc(Cl)cc2)[C@@H]1OS(C)(=O)=O. The summed E-state index contributed by atoms with van der Waals surface area (Å²) in [6.07, 6.45) is -3.44. The van der Waals surface area contributed by atoms with E-state index in [0.29, 0.717) is 15.5 Å². The van der Waals surface area contributed by atoms with E-state index in [-0.39, 0.29) is 6.61 Å². The van der Waals surface area contributed by atoms with Gasteiger partial charge in [0.25, 0.3) is 20.2 Å². The van der Waals surface area contributed by atoms with Crippen LogP contribution in [0.25, 0.3) is 0 Å². The zero-order valence-corrected chi connectivity index (χ0v) is 21.3. The molecule has 0 N–H and O–H groups in total. The van der Waals surface area contributed by atoms with Gasteiger partial charge in [0, 0.05) is 15.5 Å². The Morgan fingerprint density at radius 3 is 2.12 bits per heavy atom. The van der Waals surface area contributed by atoms with Crippen LogP contribution < -0.4 is 0 Å². The minimum Gasteiger partial charge on any atom is -0.356 e. The van der Waals surface area contributed by atoms with E-state index in [1.807, 2.05) is 18.2 Å². The van der Waals surface area contributed by atoms with E-state index in [1.54, 1.807) is 36.4 Å². The van der Waals surface area contributed by atoms with Crippen LogP contribution in [0.15, 0.2) is 59.5 Å². The molecule has 0 unspecified atom stereocenters. The smallest absolute Gasteiger partial charge is 0.264 e. The summed E-state index contributed by atoms with van der Waals surface area (Å²) in [5.41, 5.74) is -0.248. The Balaban J connectivity index is 1.68. The molecule has 0 spiro atoms. The maximum absolute atomic E-state index is 12.2. The van der Waals surface area contributed by atoms with Crippen molar-refractivity contribution in [3.05, 3.63) is 65.2 Å². The zero-order chi connectivity index (χ0) is 24.5. The first-order valence-corrected chi connectivity index (χ1v) is 15.0. The molecule has 2 aliphatic rings. The van der Waals surface area contributed by atoms with Crippen molar-refractivity contribution in [3.63, 3.8) is 0 Å². The maximum atomic E-state index is 12.2. The Morgan fingerprint density at radius 2 is 1.50 bits per heavy atom. The highest BCUT2D eigenvalue weighted by atomic mass is 35.5. The van der Waals surface area contributed by atoms with Crippen molar-refractivity contribution in [1.29, 1.82) is 0 Å². The number of fused-ring (bicyclic) bond motifs is 1. The number of thioether (sulfide) groups is 1. The van der Waals surface area contributed by atoms with Crippen LogP contribution in [0.1, 0.15) is 11.9 Å². The summed E-state index contributed by atoms with van der Waals surface area (Å²) in [4.78, 5) is 0.702. The van der Waals surface area contributed by atoms with Gasteiger partial charge in [-0.2, -0.15) is 16.8 Å². The maximum Gasteiger partial charge on any atom is 0.264 e. The molecule has 4 rings (SSSR count). The molecule has 0 bridgehead atoms. The second-order valence-corrected chi connectivity index (χ2v) is 12.6. The van der Waals surface area contributed by atoms with Gasteiger partial charge in [0.15, 0.2) is 6.29 Å². The van der Waals surface area contributed by atoms with E-state index in [2.05, 4.69) is 0 Å². The first kappa shape index (κ1) is 25.9. The summed E-state index contributed by atoms with van der Waals surface area (Å²) < 4.78 is 77.3. The van der Waals surface area contributed by atoms with E-state index in [9.17, 15) is 16.8 Å². The zero-order valence-electron chi connectivity index (χ0n) is 18.1. The molecule has 9 nitrogen and oxygen atoms in total. The average Bonchev–Trinajstić information content (AvgIpc) is 2.76. The molecule has 0 amide bonds. The molecule has 6 atom stereocenters. The number of hydrogen-bond donors (Lipinski definition) is 0. The summed E-state index contributed by atoms with van der Waals surface area (Å²) >= 11 is 7.11. The molecule has 186 valence electrons. The second-order valence-electron chi connectivity index (χ2n) is 7.82. The summed E-state index contributed by atoms with van der Waals surface area (Å²) in [6, 6.07) is 15.8. The Labute approximate surface area is 207 Å². The standard InChI is InChI=1S/C21H23ClO9S3/c1-33(23,24)30-18-17-16(12-27-20(29-17)13-6-4-3-5-7-13)28-21(19(18)31-34(2,25)26)32-15-10-8-14(22)9-11-15/h3-11,16-21H,12H2,1-2H3/t16-,17+,18+,19-,20+,21+/m1/s1. The highest BCUT2D eigenvalue weighted by molar-refractivity contribution is 7.99. The number of benzene rings is 2. The fourth-order valence-corrected chi connectivity index (χ4v) is 6.22. The molecule has 13 heteroatoms. The van der Waals surface area contributed by atoms with Crippen molar-refractivity contribution >= 4 is 43.6 Å². The van der Waals surface area contributed by atoms with E-state index >= 15 is 0 Å². The molecule has 2 heterocycles. The number of ether oxygens (including phenoxy) is 3. The van der Waals surface area contributed by atoms with Crippen LogP contribution in [0, 0.1) is 0 Å². The molecule has 0 aliphatic carbocycles. The third-order valence-corrected chi connectivity index (χ3v) is 7.54. The summed E-state index contributed by atoms with van der Waals surface area (Å²) in [5, 5.41) is 0.525. The highest BCUT2D eigenvalue weighted by Crippen LogP contribution is 2.42. The van der Waals surface area contributed by atoms with Crippen LogP contribution in [-0.2, 0) is 42.8 Å². The quantitative estimate of drug-likeness (QED) is 0.476. The van der Waals surface area contributed by atoms with Gasteiger partial charge in [-0.3, -0.25) is 8.37 Å². The van der Waals surface area contributed by atoms with Gasteiger partial charge in [0.1, 0.15) is 29.9 Å². The van der Waals surface area contributed by atoms with Crippen LogP contribution in [0.3, 0.4) is 0 Å². The molecule has 0 radical (unpaired) electrons. The van der Waals surface area contributed by atoms with Crippen molar-refractivity contribution in [3.8, 4) is 0 Å². The monoisotopic (exact) mass is 550 g/mol. The lowest BCUT2D eigenvalue weighted by Crippen LogP contribution is -2.63. The Morgan fingerprint density at radius 1 is 0.882 bits per heavy atom. The molecule has 2 aliphatic heterocycles. The minimum absolute atomic E-state index is 0.0666. The molecule has 34 heavy (non-hydrogen) atoms. The van der Waals surface area contributed by atoms with Gasteiger partial charge in [-0.15, -0.1) is 0 Å². The Hall–Kier alpha value is -1.22. The van der Waals surface area contributed by atoms with Crippen LogP contribution in [0.2, 0.25) is 5.02 Å². The van der Waals surface area contributed by atoms with Crippen LogP contribution in [-0.4, -0.2) is 65.8 Å². The lowest BCUT2D eigenvalue weighted by molar-refractivity contribution is -0.312. The van der Waals surface area contributed by atoms with Crippen molar-refractivity contribution < 1.29 is 39.4 Å². The lowest BCUT2D eigenvalue weighted by atomic mass is 9.99. The Kier molecular flexibility index (Phi) is 7.92. The fraction of sp³-hybridized carbons (Fsp3) is 0.429. The third-order valence-electron chi connectivity index (χ3n) is 4.99. The topological polar surface area (TPSA) is 114 Å². The van der Waals surface area contributed by atoms with Gasteiger partial charge in [-0.1, -0.05) is 53.7 Å². The molecule has 2 fully saturated rings. The first-order chi connectivity index (χ1) is 16.0. The van der Waals surface area contributed by atoms with Crippen LogP contribution in [0.5, 0.6) is 0 Å². The predicted molar refractivity (Wildman–Crippen MR) is 125 cm³/mol. The minimum atomic E-state index is -4.02. The van der Waals surface area contributed by atoms with Crippen molar-refractivity contribution in [1.82, 2.24) is 0 Å². The highest BCUT2D eigenvalue weighted by Gasteiger charge is 2.54. The van der Waals surface area contributed by atoms with Gasteiger partial charge in [-0.25, -0.2) is 0 Å². The van der Waals surface area contributed by atoms with Crippen LogP contribution >= 0.6 is 23.4 Å². The molecule has 0 aromatic heterocycles. The number of halogens is 1. The van der Waals surface area contributed by atoms with Gasteiger partial charge < -0.3 is 14.2 Å². The van der Waals surface area contributed by atoms with Gasteiger partial charge in [0.2, 0.25) is 0 Å². The number of hydrogen-bond acceptors (Lipinski definition) is 10. The molecular weight excluding hydrogens is 528 g/mol. The lowest BCUT2D eigenvalue weighted by Gasteiger charge is -2.48. The average molecular weight is 551 g/mol. The molecule has 2 aromatic rings. The van der Waals surface area contributed by atoms with Gasteiger partial charge in [-0.05, 0) is 24.3 Å².